The summed E-state index contributed by atoms with van der Waals surface area (Å²) in [6, 6.07) is 11.0. The van der Waals surface area contributed by atoms with Gasteiger partial charge in [0.25, 0.3) is 0 Å². The first-order valence-corrected chi connectivity index (χ1v) is 10.4. The second kappa shape index (κ2) is 7.76. The highest BCUT2D eigenvalue weighted by Gasteiger charge is 2.29. The number of carbonyl (C=O) groups excluding carboxylic acids is 1. The summed E-state index contributed by atoms with van der Waals surface area (Å²) in [7, 11) is -3.69. The van der Waals surface area contributed by atoms with Crippen LogP contribution in [0.1, 0.15) is 12.5 Å². The van der Waals surface area contributed by atoms with Crippen molar-refractivity contribution in [2.75, 3.05) is 15.9 Å². The summed E-state index contributed by atoms with van der Waals surface area (Å²) < 4.78 is 26.4. The largest absolute Gasteiger partial charge is 0.324 e. The molecule has 0 bridgehead atoms. The van der Waals surface area contributed by atoms with Crippen molar-refractivity contribution < 1.29 is 13.2 Å². The minimum atomic E-state index is -3.69. The first kappa shape index (κ1) is 19.8. The molecule has 0 heterocycles. The molecule has 5 nitrogen and oxygen atoms in total. The van der Waals surface area contributed by atoms with Crippen molar-refractivity contribution in [2.24, 2.45) is 0 Å². The van der Waals surface area contributed by atoms with E-state index in [4.69, 9.17) is 11.6 Å². The Morgan fingerprint density at radius 1 is 1.24 bits per heavy atom. The fourth-order valence-corrected chi connectivity index (χ4v) is 4.08. The third kappa shape index (κ3) is 4.96. The van der Waals surface area contributed by atoms with Crippen LogP contribution in [0.15, 0.2) is 46.9 Å². The number of carbonyl (C=O) groups is 1. The molecule has 25 heavy (non-hydrogen) atoms. The molecule has 8 heteroatoms. The predicted octanol–water partition coefficient (Wildman–Crippen LogP) is 4.20. The quantitative estimate of drug-likeness (QED) is 0.750. The van der Waals surface area contributed by atoms with Gasteiger partial charge < -0.3 is 5.32 Å². The molecule has 1 atom stereocenters. The van der Waals surface area contributed by atoms with E-state index in [0.717, 1.165) is 20.6 Å². The molecule has 0 unspecified atom stereocenters. The van der Waals surface area contributed by atoms with Crippen LogP contribution in [0.3, 0.4) is 0 Å². The Hall–Kier alpha value is -1.57. The van der Waals surface area contributed by atoms with Crippen LogP contribution in [0.25, 0.3) is 0 Å². The average Bonchev–Trinajstić information content (AvgIpc) is 2.49. The van der Waals surface area contributed by atoms with Crippen molar-refractivity contribution in [3.63, 3.8) is 0 Å². The van der Waals surface area contributed by atoms with E-state index in [-0.39, 0.29) is 0 Å². The van der Waals surface area contributed by atoms with Gasteiger partial charge in [-0.05, 0) is 49.7 Å². The minimum absolute atomic E-state index is 0.343. The molecule has 0 aliphatic rings. The third-order valence-corrected chi connectivity index (χ3v) is 5.73. The van der Waals surface area contributed by atoms with E-state index >= 15 is 0 Å². The first-order chi connectivity index (χ1) is 11.6. The summed E-state index contributed by atoms with van der Waals surface area (Å²) >= 11 is 9.44. The molecule has 2 rings (SSSR count). The van der Waals surface area contributed by atoms with Gasteiger partial charge in [0.2, 0.25) is 15.9 Å². The molecule has 0 radical (unpaired) electrons. The van der Waals surface area contributed by atoms with E-state index in [2.05, 4.69) is 21.2 Å². The van der Waals surface area contributed by atoms with Crippen LogP contribution < -0.4 is 9.62 Å². The van der Waals surface area contributed by atoms with Gasteiger partial charge in [-0.15, -0.1) is 0 Å². The topological polar surface area (TPSA) is 66.5 Å². The van der Waals surface area contributed by atoms with Crippen LogP contribution in [0.4, 0.5) is 11.4 Å². The van der Waals surface area contributed by atoms with E-state index in [1.54, 1.807) is 36.4 Å². The van der Waals surface area contributed by atoms with Crippen LogP contribution in [-0.4, -0.2) is 26.6 Å². The monoisotopic (exact) mass is 444 g/mol. The SMILES string of the molecule is Cc1ccc(N([C@@H](C)C(=O)Nc2cccc(Br)c2)S(C)(=O)=O)cc1Cl. The molecule has 2 aromatic rings. The molecule has 1 amide bonds. The highest BCUT2D eigenvalue weighted by Crippen LogP contribution is 2.27. The normalized spacial score (nSPS) is 12.5. The third-order valence-electron chi connectivity index (χ3n) is 3.59. The smallest absolute Gasteiger partial charge is 0.247 e. The number of sulfonamides is 1. The molecular weight excluding hydrogens is 428 g/mol. The van der Waals surface area contributed by atoms with Crippen molar-refractivity contribution in [1.29, 1.82) is 0 Å². The van der Waals surface area contributed by atoms with E-state index in [1.165, 1.54) is 6.92 Å². The molecular formula is C17H18BrClN2O3S. The molecule has 134 valence electrons. The molecule has 0 spiro atoms. The number of halogens is 2. The van der Waals surface area contributed by atoms with Crippen LogP contribution in [0, 0.1) is 6.92 Å². The summed E-state index contributed by atoms with van der Waals surface area (Å²) in [6.07, 6.45) is 1.06. The molecule has 0 aliphatic heterocycles. The van der Waals surface area contributed by atoms with Gasteiger partial charge in [0.05, 0.1) is 11.9 Å². The Balaban J connectivity index is 2.34. The molecule has 0 saturated heterocycles. The first-order valence-electron chi connectivity index (χ1n) is 7.41. The van der Waals surface area contributed by atoms with Crippen molar-refractivity contribution >= 4 is 54.8 Å². The fraction of sp³-hybridized carbons (Fsp3) is 0.235. The zero-order chi connectivity index (χ0) is 18.8. The average molecular weight is 446 g/mol. The summed E-state index contributed by atoms with van der Waals surface area (Å²) in [5, 5.41) is 3.16. The van der Waals surface area contributed by atoms with Crippen LogP contribution in [0.2, 0.25) is 5.02 Å². The Bertz CT molecular complexity index is 903. The molecule has 1 N–H and O–H groups in total. The lowest BCUT2D eigenvalue weighted by molar-refractivity contribution is -0.116. The molecule has 2 aromatic carbocycles. The second-order valence-electron chi connectivity index (χ2n) is 5.67. The number of benzene rings is 2. The lowest BCUT2D eigenvalue weighted by Gasteiger charge is -2.28. The number of nitrogens with one attached hydrogen (secondary N) is 1. The summed E-state index contributed by atoms with van der Waals surface area (Å²) in [5.74, 6) is -0.444. The van der Waals surface area contributed by atoms with Crippen molar-refractivity contribution in [3.05, 3.63) is 57.5 Å². The van der Waals surface area contributed by atoms with Gasteiger partial charge in [-0.1, -0.05) is 39.7 Å². The van der Waals surface area contributed by atoms with Gasteiger partial charge in [-0.25, -0.2) is 8.42 Å². The summed E-state index contributed by atoms with van der Waals surface area (Å²) in [5.41, 5.74) is 1.74. The van der Waals surface area contributed by atoms with Gasteiger partial charge in [-0.2, -0.15) is 0 Å². The molecule has 0 aliphatic carbocycles. The zero-order valence-corrected chi connectivity index (χ0v) is 17.1. The molecule has 0 aromatic heterocycles. The Kier molecular flexibility index (Phi) is 6.13. The highest BCUT2D eigenvalue weighted by molar-refractivity contribution is 9.10. The predicted molar refractivity (Wildman–Crippen MR) is 106 cm³/mol. The Labute approximate surface area is 161 Å². The van der Waals surface area contributed by atoms with Gasteiger partial charge in [0, 0.05) is 15.2 Å². The number of hydrogen-bond acceptors (Lipinski definition) is 3. The molecule has 0 fully saturated rings. The number of nitrogens with zero attached hydrogens (tertiary/aromatic N) is 1. The fourth-order valence-electron chi connectivity index (χ4n) is 2.34. The number of hydrogen-bond donors (Lipinski definition) is 1. The maximum absolute atomic E-state index is 12.6. The Morgan fingerprint density at radius 3 is 2.48 bits per heavy atom. The summed E-state index contributed by atoms with van der Waals surface area (Å²) in [4.78, 5) is 12.6. The Morgan fingerprint density at radius 2 is 1.92 bits per heavy atom. The minimum Gasteiger partial charge on any atom is -0.324 e. The standard InChI is InChI=1S/C17H18BrClN2O3S/c1-11-7-8-15(10-16(11)19)21(25(3,23)24)12(2)17(22)20-14-6-4-5-13(18)9-14/h4-10,12H,1-3H3,(H,20,22)/t12-/m0/s1. The van der Waals surface area contributed by atoms with E-state index in [9.17, 15) is 13.2 Å². The second-order valence-corrected chi connectivity index (χ2v) is 8.85. The van der Waals surface area contributed by atoms with Crippen LogP contribution in [0.5, 0.6) is 0 Å². The van der Waals surface area contributed by atoms with Crippen LogP contribution >= 0.6 is 27.5 Å². The number of aryl methyl sites for hydroxylation is 1. The number of amides is 1. The van der Waals surface area contributed by atoms with Gasteiger partial charge in [0.15, 0.2) is 0 Å². The highest BCUT2D eigenvalue weighted by atomic mass is 79.9. The van der Waals surface area contributed by atoms with Gasteiger partial charge in [0.1, 0.15) is 6.04 Å². The lowest BCUT2D eigenvalue weighted by Crippen LogP contribution is -2.45. The number of rotatable bonds is 5. The molecule has 0 saturated carbocycles. The van der Waals surface area contributed by atoms with E-state index in [0.29, 0.717) is 16.4 Å². The zero-order valence-electron chi connectivity index (χ0n) is 14.0. The van der Waals surface area contributed by atoms with Crippen molar-refractivity contribution in [1.82, 2.24) is 0 Å². The van der Waals surface area contributed by atoms with E-state index < -0.39 is 22.0 Å². The maximum Gasteiger partial charge on any atom is 0.247 e. The maximum atomic E-state index is 12.6. The summed E-state index contributed by atoms with van der Waals surface area (Å²) in [6.45, 7) is 3.35. The van der Waals surface area contributed by atoms with Crippen LogP contribution in [-0.2, 0) is 14.8 Å². The van der Waals surface area contributed by atoms with Crippen molar-refractivity contribution in [3.8, 4) is 0 Å². The van der Waals surface area contributed by atoms with Gasteiger partial charge >= 0.3 is 0 Å². The van der Waals surface area contributed by atoms with E-state index in [1.807, 2.05) is 13.0 Å². The lowest BCUT2D eigenvalue weighted by atomic mass is 10.2. The number of anilines is 2. The van der Waals surface area contributed by atoms with Crippen molar-refractivity contribution in [2.45, 2.75) is 19.9 Å². The van der Waals surface area contributed by atoms with Gasteiger partial charge in [-0.3, -0.25) is 9.10 Å².